The van der Waals surface area contributed by atoms with Crippen molar-refractivity contribution in [1.29, 1.82) is 0 Å². The lowest BCUT2D eigenvalue weighted by atomic mass is 10.1. The van der Waals surface area contributed by atoms with Gasteiger partial charge in [0.05, 0.1) is 23.1 Å². The number of carbonyl (C=O) groups is 1. The van der Waals surface area contributed by atoms with E-state index in [-0.39, 0.29) is 17.1 Å². The Morgan fingerprint density at radius 2 is 1.91 bits per heavy atom. The highest BCUT2D eigenvalue weighted by molar-refractivity contribution is 5.89. The molecular formula is C26H27NO6. The number of carbonyl (C=O) groups excluding carboxylic acids is 1. The van der Waals surface area contributed by atoms with Crippen molar-refractivity contribution in [1.82, 2.24) is 4.90 Å². The van der Waals surface area contributed by atoms with Crippen LogP contribution in [0.15, 0.2) is 51.9 Å². The van der Waals surface area contributed by atoms with E-state index in [9.17, 15) is 9.59 Å². The molecule has 0 spiro atoms. The van der Waals surface area contributed by atoms with Crippen LogP contribution in [0.25, 0.3) is 11.0 Å². The van der Waals surface area contributed by atoms with Crippen LogP contribution in [0, 0.1) is 0 Å². The quantitative estimate of drug-likeness (QED) is 0.476. The molecule has 0 saturated heterocycles. The van der Waals surface area contributed by atoms with Crippen molar-refractivity contribution in [3.05, 3.63) is 64.0 Å². The molecule has 1 aliphatic carbocycles. The number of ether oxygens (including phenoxy) is 3. The molecule has 33 heavy (non-hydrogen) atoms. The normalized spacial score (nSPS) is 16.4. The van der Waals surface area contributed by atoms with Gasteiger partial charge in [-0.05, 0) is 55.7 Å². The minimum atomic E-state index is -0.382. The summed E-state index contributed by atoms with van der Waals surface area (Å²) in [6.07, 6.45) is 6.98. The van der Waals surface area contributed by atoms with Crippen molar-refractivity contribution in [3.8, 4) is 17.2 Å². The lowest BCUT2D eigenvalue weighted by molar-refractivity contribution is 0.0505. The number of hydrogen-bond acceptors (Lipinski definition) is 7. The highest BCUT2D eigenvalue weighted by Crippen LogP contribution is 2.35. The topological polar surface area (TPSA) is 78.2 Å². The summed E-state index contributed by atoms with van der Waals surface area (Å²) >= 11 is 0. The van der Waals surface area contributed by atoms with Crippen LogP contribution in [0.2, 0.25) is 0 Å². The van der Waals surface area contributed by atoms with Crippen LogP contribution < -0.4 is 14.9 Å². The molecule has 1 aromatic heterocycles. The predicted molar refractivity (Wildman–Crippen MR) is 123 cm³/mol. The second-order valence-electron chi connectivity index (χ2n) is 8.57. The van der Waals surface area contributed by atoms with Crippen molar-refractivity contribution in [2.75, 3.05) is 13.3 Å². The highest BCUT2D eigenvalue weighted by Gasteiger charge is 2.29. The van der Waals surface area contributed by atoms with Gasteiger partial charge in [-0.3, -0.25) is 9.69 Å². The number of esters is 1. The zero-order chi connectivity index (χ0) is 22.8. The fourth-order valence-electron chi connectivity index (χ4n) is 4.55. The van der Waals surface area contributed by atoms with Gasteiger partial charge in [0.25, 0.3) is 0 Å². The summed E-state index contributed by atoms with van der Waals surface area (Å²) in [6, 6.07) is 10.6. The Kier molecular flexibility index (Phi) is 6.05. The first-order valence-electron chi connectivity index (χ1n) is 11.5. The standard InChI is InChI=1S/C26H27NO6/c1-2-13-30-26(29)17-7-9-19(10-8-17)33-23-15-31-25-20(24(23)28)11-12-22-21(25)14-27(16-32-22)18-5-3-4-6-18/h7-12,15,18H,2-6,13-14,16H2,1H3. The molecule has 7 heteroatoms. The molecule has 2 aliphatic rings. The van der Waals surface area contributed by atoms with Crippen molar-refractivity contribution in [2.24, 2.45) is 0 Å². The largest absolute Gasteiger partial charge is 0.478 e. The molecule has 3 aromatic rings. The van der Waals surface area contributed by atoms with Gasteiger partial charge in [-0.1, -0.05) is 19.8 Å². The molecule has 1 fully saturated rings. The lowest BCUT2D eigenvalue weighted by Crippen LogP contribution is -2.39. The SMILES string of the molecule is CCCOC(=O)c1ccc(Oc2coc3c4c(ccc3c2=O)OCN(C2CCCC2)C4)cc1. The number of rotatable bonds is 6. The van der Waals surface area contributed by atoms with Gasteiger partial charge in [-0.15, -0.1) is 0 Å². The van der Waals surface area contributed by atoms with Gasteiger partial charge in [-0.2, -0.15) is 0 Å². The summed E-state index contributed by atoms with van der Waals surface area (Å²) in [4.78, 5) is 27.4. The van der Waals surface area contributed by atoms with Gasteiger partial charge in [0.2, 0.25) is 11.2 Å². The van der Waals surface area contributed by atoms with Crippen LogP contribution in [0.4, 0.5) is 0 Å². The van der Waals surface area contributed by atoms with Crippen LogP contribution in [-0.2, 0) is 11.3 Å². The first-order chi connectivity index (χ1) is 16.1. The van der Waals surface area contributed by atoms with Crippen molar-refractivity contribution in [3.63, 3.8) is 0 Å². The molecule has 0 atom stereocenters. The molecule has 7 nitrogen and oxygen atoms in total. The van der Waals surface area contributed by atoms with Crippen molar-refractivity contribution in [2.45, 2.75) is 51.6 Å². The molecule has 0 amide bonds. The average molecular weight is 450 g/mol. The minimum absolute atomic E-state index is 0.0909. The van der Waals surface area contributed by atoms with E-state index in [1.54, 1.807) is 30.3 Å². The van der Waals surface area contributed by atoms with Gasteiger partial charge in [0.15, 0.2) is 0 Å². The third kappa shape index (κ3) is 4.33. The molecule has 1 aliphatic heterocycles. The predicted octanol–water partition coefficient (Wildman–Crippen LogP) is 5.25. The Labute approximate surface area is 191 Å². The Hall–Kier alpha value is -3.32. The van der Waals surface area contributed by atoms with Crippen LogP contribution in [0.3, 0.4) is 0 Å². The van der Waals surface area contributed by atoms with E-state index in [0.717, 1.165) is 17.7 Å². The second-order valence-corrected chi connectivity index (χ2v) is 8.57. The van der Waals surface area contributed by atoms with E-state index < -0.39 is 0 Å². The van der Waals surface area contributed by atoms with Crippen molar-refractivity contribution < 1.29 is 23.4 Å². The highest BCUT2D eigenvalue weighted by atomic mass is 16.5. The molecule has 0 N–H and O–H groups in total. The van der Waals surface area contributed by atoms with E-state index in [4.69, 9.17) is 18.6 Å². The summed E-state index contributed by atoms with van der Waals surface area (Å²) in [5.74, 6) is 0.905. The number of nitrogens with zero attached hydrogens (tertiary/aromatic N) is 1. The third-order valence-corrected chi connectivity index (χ3v) is 6.31. The van der Waals surface area contributed by atoms with Crippen LogP contribution in [0.1, 0.15) is 54.9 Å². The van der Waals surface area contributed by atoms with Gasteiger partial charge >= 0.3 is 5.97 Å². The van der Waals surface area contributed by atoms with E-state index in [1.165, 1.54) is 31.9 Å². The van der Waals surface area contributed by atoms with Gasteiger partial charge < -0.3 is 18.6 Å². The zero-order valence-electron chi connectivity index (χ0n) is 18.7. The third-order valence-electron chi connectivity index (χ3n) is 6.31. The first kappa shape index (κ1) is 21.5. The molecule has 1 saturated carbocycles. The summed E-state index contributed by atoms with van der Waals surface area (Å²) < 4.78 is 22.8. The fourth-order valence-corrected chi connectivity index (χ4v) is 4.55. The number of benzene rings is 2. The van der Waals surface area contributed by atoms with Crippen LogP contribution in [0.5, 0.6) is 17.2 Å². The maximum Gasteiger partial charge on any atom is 0.338 e. The van der Waals surface area contributed by atoms with Gasteiger partial charge in [0.1, 0.15) is 30.1 Å². The first-order valence-corrected chi connectivity index (χ1v) is 11.5. The summed E-state index contributed by atoms with van der Waals surface area (Å²) in [7, 11) is 0. The Balaban J connectivity index is 1.38. The summed E-state index contributed by atoms with van der Waals surface area (Å²) in [5, 5.41) is 0.461. The van der Waals surface area contributed by atoms with E-state index in [2.05, 4.69) is 4.90 Å². The fraction of sp³-hybridized carbons (Fsp3) is 0.385. The van der Waals surface area contributed by atoms with Crippen LogP contribution >= 0.6 is 0 Å². The average Bonchev–Trinajstić information content (AvgIpc) is 3.39. The number of fused-ring (bicyclic) bond motifs is 3. The molecule has 0 bridgehead atoms. The summed E-state index contributed by atoms with van der Waals surface area (Å²) in [6.45, 7) is 3.59. The smallest absolute Gasteiger partial charge is 0.338 e. The number of hydrogen-bond donors (Lipinski definition) is 0. The second kappa shape index (κ2) is 9.27. The molecule has 2 heterocycles. The summed E-state index contributed by atoms with van der Waals surface area (Å²) in [5.41, 5.74) is 1.63. The molecular weight excluding hydrogens is 422 g/mol. The maximum absolute atomic E-state index is 13.1. The van der Waals surface area contributed by atoms with Crippen molar-refractivity contribution >= 4 is 16.9 Å². The monoisotopic (exact) mass is 449 g/mol. The molecule has 0 unspecified atom stereocenters. The van der Waals surface area contributed by atoms with Gasteiger partial charge in [-0.25, -0.2) is 4.79 Å². The Morgan fingerprint density at radius 3 is 2.67 bits per heavy atom. The molecule has 172 valence electrons. The van der Waals surface area contributed by atoms with Crippen LogP contribution in [-0.4, -0.2) is 30.2 Å². The minimum Gasteiger partial charge on any atom is -0.478 e. The lowest BCUT2D eigenvalue weighted by Gasteiger charge is -2.33. The zero-order valence-corrected chi connectivity index (χ0v) is 18.7. The maximum atomic E-state index is 13.1. The Bertz CT molecular complexity index is 1210. The molecule has 2 aromatic carbocycles. The molecule has 5 rings (SSSR count). The van der Waals surface area contributed by atoms with E-state index >= 15 is 0 Å². The molecule has 0 radical (unpaired) electrons. The Morgan fingerprint density at radius 1 is 1.12 bits per heavy atom. The van der Waals surface area contributed by atoms with Gasteiger partial charge in [0, 0.05) is 12.6 Å². The van der Waals surface area contributed by atoms with E-state index in [0.29, 0.717) is 48.2 Å². The van der Waals surface area contributed by atoms with E-state index in [1.807, 2.05) is 13.0 Å².